The van der Waals surface area contributed by atoms with Crippen LogP contribution in [0.5, 0.6) is 0 Å². The molecule has 0 spiro atoms. The summed E-state index contributed by atoms with van der Waals surface area (Å²) in [4.78, 5) is 0. The van der Waals surface area contributed by atoms with Gasteiger partial charge in [0.2, 0.25) is 0 Å². The Morgan fingerprint density at radius 2 is 2.00 bits per heavy atom. The van der Waals surface area contributed by atoms with Gasteiger partial charge in [-0.1, -0.05) is 28.1 Å². The van der Waals surface area contributed by atoms with Crippen molar-refractivity contribution in [3.8, 4) is 0 Å². The van der Waals surface area contributed by atoms with Gasteiger partial charge in [0, 0.05) is 11.5 Å². The van der Waals surface area contributed by atoms with Crippen molar-refractivity contribution in [1.29, 1.82) is 0 Å². The lowest BCUT2D eigenvalue weighted by molar-refractivity contribution is 0.603. The van der Waals surface area contributed by atoms with E-state index in [4.69, 9.17) is 0 Å². The van der Waals surface area contributed by atoms with Crippen LogP contribution in [0.1, 0.15) is 22.9 Å². The Morgan fingerprint density at radius 1 is 1.28 bits per heavy atom. The summed E-state index contributed by atoms with van der Waals surface area (Å²) in [5, 5.41) is 7.61. The van der Waals surface area contributed by atoms with Crippen LogP contribution in [-0.4, -0.2) is 16.8 Å². The van der Waals surface area contributed by atoms with Crippen molar-refractivity contribution >= 4 is 31.9 Å². The third-order valence-corrected chi connectivity index (χ3v) is 4.49. The summed E-state index contributed by atoms with van der Waals surface area (Å²) >= 11 is 7.14. The highest BCUT2D eigenvalue weighted by Gasteiger charge is 2.19. The molecule has 3 nitrogen and oxygen atoms in total. The molecule has 1 aromatic heterocycles. The standard InChI is InChI=1S/C13H15Br2N3/c1-8-4-5-9(6-10(8)14)12(16-2)13-11(15)7-17-18(13)3/h4-7,12,16H,1-3H3. The maximum Gasteiger partial charge on any atom is 0.0757 e. The second-order valence-electron chi connectivity index (χ2n) is 4.23. The molecule has 0 radical (unpaired) electrons. The smallest absolute Gasteiger partial charge is 0.0757 e. The second kappa shape index (κ2) is 5.55. The molecule has 2 aromatic rings. The minimum absolute atomic E-state index is 0.115. The highest BCUT2D eigenvalue weighted by Crippen LogP contribution is 2.30. The minimum atomic E-state index is 0.115. The topological polar surface area (TPSA) is 29.9 Å². The molecule has 96 valence electrons. The monoisotopic (exact) mass is 371 g/mol. The number of hydrogen-bond donors (Lipinski definition) is 1. The summed E-state index contributed by atoms with van der Waals surface area (Å²) in [6.45, 7) is 2.09. The molecule has 2 rings (SSSR count). The fourth-order valence-corrected chi connectivity index (χ4v) is 2.97. The predicted octanol–water partition coefficient (Wildman–Crippen LogP) is 3.56. The number of halogens is 2. The Labute approximate surface area is 124 Å². The SMILES string of the molecule is CNC(c1ccc(C)c(Br)c1)c1c(Br)cnn1C. The van der Waals surface area contributed by atoms with E-state index < -0.39 is 0 Å². The zero-order chi connectivity index (χ0) is 13.3. The molecule has 0 amide bonds. The van der Waals surface area contributed by atoms with E-state index in [-0.39, 0.29) is 6.04 Å². The average molecular weight is 373 g/mol. The average Bonchev–Trinajstić information content (AvgIpc) is 2.66. The number of benzene rings is 1. The van der Waals surface area contributed by atoms with Crippen LogP contribution in [0.15, 0.2) is 33.3 Å². The zero-order valence-electron chi connectivity index (χ0n) is 10.5. The lowest BCUT2D eigenvalue weighted by Crippen LogP contribution is -2.21. The number of nitrogens with zero attached hydrogens (tertiary/aromatic N) is 2. The Hall–Kier alpha value is -0.650. The lowest BCUT2D eigenvalue weighted by atomic mass is 10.0. The Kier molecular flexibility index (Phi) is 4.25. The van der Waals surface area contributed by atoms with E-state index in [9.17, 15) is 0 Å². The van der Waals surface area contributed by atoms with E-state index >= 15 is 0 Å². The van der Waals surface area contributed by atoms with E-state index in [0.717, 1.165) is 14.6 Å². The molecule has 1 unspecified atom stereocenters. The van der Waals surface area contributed by atoms with Crippen LogP contribution in [0, 0.1) is 6.92 Å². The maximum absolute atomic E-state index is 4.27. The van der Waals surface area contributed by atoms with E-state index in [0.29, 0.717) is 0 Å². The molecule has 0 aliphatic carbocycles. The first-order chi connectivity index (χ1) is 8.54. The van der Waals surface area contributed by atoms with Crippen molar-refractivity contribution in [3.63, 3.8) is 0 Å². The van der Waals surface area contributed by atoms with Crippen LogP contribution >= 0.6 is 31.9 Å². The van der Waals surface area contributed by atoms with Gasteiger partial charge in [-0.25, -0.2) is 0 Å². The van der Waals surface area contributed by atoms with Crippen LogP contribution < -0.4 is 5.32 Å². The fraction of sp³-hybridized carbons (Fsp3) is 0.308. The van der Waals surface area contributed by atoms with E-state index in [1.165, 1.54) is 11.1 Å². The van der Waals surface area contributed by atoms with Gasteiger partial charge in [-0.15, -0.1) is 0 Å². The zero-order valence-corrected chi connectivity index (χ0v) is 13.7. The summed E-state index contributed by atoms with van der Waals surface area (Å²) in [6, 6.07) is 6.52. The summed E-state index contributed by atoms with van der Waals surface area (Å²) in [5.74, 6) is 0. The number of rotatable bonds is 3. The second-order valence-corrected chi connectivity index (χ2v) is 5.94. The molecule has 1 N–H and O–H groups in total. The Bertz CT molecular complexity index is 544. The molecule has 0 aliphatic heterocycles. The van der Waals surface area contributed by atoms with Gasteiger partial charge in [-0.2, -0.15) is 5.10 Å². The number of nitrogens with one attached hydrogen (secondary N) is 1. The van der Waals surface area contributed by atoms with Crippen molar-refractivity contribution in [1.82, 2.24) is 15.1 Å². The van der Waals surface area contributed by atoms with Gasteiger partial charge in [0.15, 0.2) is 0 Å². The molecule has 1 heterocycles. The first kappa shape index (κ1) is 13.8. The molecule has 0 aliphatic rings. The van der Waals surface area contributed by atoms with Gasteiger partial charge in [0.25, 0.3) is 0 Å². The lowest BCUT2D eigenvalue weighted by Gasteiger charge is -2.18. The molecule has 0 fully saturated rings. The molecule has 5 heteroatoms. The first-order valence-electron chi connectivity index (χ1n) is 5.65. The van der Waals surface area contributed by atoms with Crippen LogP contribution in [0.2, 0.25) is 0 Å². The van der Waals surface area contributed by atoms with E-state index in [1.54, 1.807) is 0 Å². The highest BCUT2D eigenvalue weighted by molar-refractivity contribution is 9.10. The molecule has 1 aromatic carbocycles. The van der Waals surface area contributed by atoms with Crippen LogP contribution in [0.25, 0.3) is 0 Å². The van der Waals surface area contributed by atoms with E-state index in [2.05, 4.69) is 67.4 Å². The van der Waals surface area contributed by atoms with Crippen molar-refractivity contribution in [2.45, 2.75) is 13.0 Å². The number of aromatic nitrogens is 2. The Balaban J connectivity index is 2.48. The summed E-state index contributed by atoms with van der Waals surface area (Å²) in [5.41, 5.74) is 3.56. The molecule has 0 saturated carbocycles. The summed E-state index contributed by atoms with van der Waals surface area (Å²) < 4.78 is 4.03. The molecule has 1 atom stereocenters. The van der Waals surface area contributed by atoms with Gasteiger partial charge in [0.1, 0.15) is 0 Å². The summed E-state index contributed by atoms with van der Waals surface area (Å²) in [7, 11) is 3.91. The van der Waals surface area contributed by atoms with E-state index in [1.807, 2.05) is 25.0 Å². The third-order valence-electron chi connectivity index (χ3n) is 3.03. The third kappa shape index (κ3) is 2.53. The van der Waals surface area contributed by atoms with Gasteiger partial charge >= 0.3 is 0 Å². The highest BCUT2D eigenvalue weighted by atomic mass is 79.9. The number of aryl methyl sites for hydroxylation is 2. The molecule has 0 bridgehead atoms. The van der Waals surface area contributed by atoms with Crippen LogP contribution in [0.4, 0.5) is 0 Å². The van der Waals surface area contributed by atoms with Gasteiger partial charge in [0.05, 0.1) is 22.4 Å². The largest absolute Gasteiger partial charge is 0.308 e. The first-order valence-corrected chi connectivity index (χ1v) is 7.24. The van der Waals surface area contributed by atoms with Crippen molar-refractivity contribution in [3.05, 3.63) is 50.2 Å². The van der Waals surface area contributed by atoms with Crippen molar-refractivity contribution < 1.29 is 0 Å². The quantitative estimate of drug-likeness (QED) is 0.892. The molecule has 0 saturated heterocycles. The predicted molar refractivity (Wildman–Crippen MR) is 80.7 cm³/mol. The molecule has 18 heavy (non-hydrogen) atoms. The fourth-order valence-electron chi connectivity index (χ4n) is 1.99. The van der Waals surface area contributed by atoms with Gasteiger partial charge in [-0.05, 0) is 47.1 Å². The Morgan fingerprint density at radius 3 is 2.50 bits per heavy atom. The van der Waals surface area contributed by atoms with Crippen LogP contribution in [-0.2, 0) is 7.05 Å². The normalized spacial score (nSPS) is 12.7. The maximum atomic E-state index is 4.27. The summed E-state index contributed by atoms with van der Waals surface area (Å²) in [6.07, 6.45) is 1.82. The van der Waals surface area contributed by atoms with Crippen molar-refractivity contribution in [2.75, 3.05) is 7.05 Å². The minimum Gasteiger partial charge on any atom is -0.308 e. The molecular weight excluding hydrogens is 358 g/mol. The number of hydrogen-bond acceptors (Lipinski definition) is 2. The van der Waals surface area contributed by atoms with Crippen molar-refractivity contribution in [2.24, 2.45) is 7.05 Å². The van der Waals surface area contributed by atoms with Crippen LogP contribution in [0.3, 0.4) is 0 Å². The molecular formula is C13H15Br2N3. The van der Waals surface area contributed by atoms with Gasteiger partial charge < -0.3 is 5.32 Å². The van der Waals surface area contributed by atoms with Gasteiger partial charge in [-0.3, -0.25) is 4.68 Å².